The summed E-state index contributed by atoms with van der Waals surface area (Å²) in [5.41, 5.74) is 5.66. The number of nitrogens with one attached hydrogen (secondary N) is 1. The molecular weight excluding hydrogens is 254 g/mol. The first-order valence-electron chi connectivity index (χ1n) is 7.72. The van der Waals surface area contributed by atoms with Gasteiger partial charge in [0.15, 0.2) is 0 Å². The average molecular weight is 273 g/mol. The van der Waals surface area contributed by atoms with Crippen LogP contribution < -0.4 is 5.32 Å². The van der Waals surface area contributed by atoms with Gasteiger partial charge >= 0.3 is 0 Å². The molecule has 3 aromatic rings. The lowest BCUT2D eigenvalue weighted by Crippen LogP contribution is -2.00. The zero-order valence-electron chi connectivity index (χ0n) is 12.1. The predicted molar refractivity (Wildman–Crippen MR) is 89.7 cm³/mol. The van der Waals surface area contributed by atoms with Crippen molar-refractivity contribution in [3.05, 3.63) is 77.4 Å². The van der Waals surface area contributed by atoms with Gasteiger partial charge in [-0.05, 0) is 58.9 Å². The smallest absolute Gasteiger partial charge is 0.0400 e. The summed E-state index contributed by atoms with van der Waals surface area (Å²) in [5, 5.41) is 6.12. The molecule has 0 spiro atoms. The molecule has 1 heteroatoms. The van der Waals surface area contributed by atoms with Gasteiger partial charge in [0.2, 0.25) is 0 Å². The van der Waals surface area contributed by atoms with Crippen LogP contribution in [0.2, 0.25) is 0 Å². The summed E-state index contributed by atoms with van der Waals surface area (Å²) in [4.78, 5) is 0. The van der Waals surface area contributed by atoms with Crippen molar-refractivity contribution < 1.29 is 0 Å². The molecule has 0 amide bonds. The number of fused-ring (bicyclic) bond motifs is 2. The van der Waals surface area contributed by atoms with E-state index in [4.69, 9.17) is 0 Å². The molecule has 0 bridgehead atoms. The molecular formula is C20H19N. The Morgan fingerprint density at radius 3 is 2.57 bits per heavy atom. The van der Waals surface area contributed by atoms with E-state index in [0.29, 0.717) is 0 Å². The van der Waals surface area contributed by atoms with Crippen LogP contribution in [-0.4, -0.2) is 0 Å². The summed E-state index contributed by atoms with van der Waals surface area (Å²) in [6, 6.07) is 22.0. The highest BCUT2D eigenvalue weighted by Crippen LogP contribution is 2.24. The normalized spacial score (nSPS) is 13.3. The number of benzene rings is 3. The van der Waals surface area contributed by atoms with Crippen molar-refractivity contribution >= 4 is 16.5 Å². The summed E-state index contributed by atoms with van der Waals surface area (Å²) in [6.45, 7) is 0.894. The van der Waals surface area contributed by atoms with Gasteiger partial charge in [-0.15, -0.1) is 0 Å². The van der Waals surface area contributed by atoms with Crippen LogP contribution in [0.25, 0.3) is 10.8 Å². The van der Waals surface area contributed by atoms with Crippen molar-refractivity contribution in [3.63, 3.8) is 0 Å². The zero-order chi connectivity index (χ0) is 14.1. The molecule has 0 aromatic heterocycles. The molecule has 3 aromatic carbocycles. The van der Waals surface area contributed by atoms with Gasteiger partial charge in [0.25, 0.3) is 0 Å². The third-order valence-electron chi connectivity index (χ3n) is 4.41. The molecule has 0 aliphatic heterocycles. The maximum Gasteiger partial charge on any atom is 0.0400 e. The molecule has 0 fully saturated rings. The molecule has 0 atom stereocenters. The number of aryl methyl sites for hydroxylation is 2. The molecule has 0 heterocycles. The largest absolute Gasteiger partial charge is 0.381 e. The molecule has 0 saturated heterocycles. The number of anilines is 1. The molecule has 104 valence electrons. The van der Waals surface area contributed by atoms with Gasteiger partial charge in [0.05, 0.1) is 0 Å². The van der Waals surface area contributed by atoms with Gasteiger partial charge in [0.1, 0.15) is 0 Å². The molecule has 0 radical (unpaired) electrons. The second-order valence-electron chi connectivity index (χ2n) is 5.87. The topological polar surface area (TPSA) is 12.0 Å². The fourth-order valence-electron chi connectivity index (χ4n) is 3.24. The highest BCUT2D eigenvalue weighted by atomic mass is 14.9. The van der Waals surface area contributed by atoms with E-state index in [2.05, 4.69) is 66.0 Å². The Kier molecular flexibility index (Phi) is 3.11. The van der Waals surface area contributed by atoms with Gasteiger partial charge in [-0.1, -0.05) is 48.5 Å². The van der Waals surface area contributed by atoms with Crippen LogP contribution in [-0.2, 0) is 19.4 Å². The van der Waals surface area contributed by atoms with Crippen molar-refractivity contribution in [3.8, 4) is 0 Å². The Morgan fingerprint density at radius 2 is 1.62 bits per heavy atom. The van der Waals surface area contributed by atoms with Crippen molar-refractivity contribution in [2.24, 2.45) is 0 Å². The molecule has 0 saturated carbocycles. The van der Waals surface area contributed by atoms with Crippen LogP contribution in [0, 0.1) is 0 Å². The van der Waals surface area contributed by atoms with Gasteiger partial charge in [-0.2, -0.15) is 0 Å². The lowest BCUT2D eigenvalue weighted by atomic mass is 10.1. The van der Waals surface area contributed by atoms with Crippen molar-refractivity contribution in [1.29, 1.82) is 0 Å². The second kappa shape index (κ2) is 5.25. The van der Waals surface area contributed by atoms with E-state index in [9.17, 15) is 0 Å². The Bertz CT molecular complexity index is 789. The highest BCUT2D eigenvalue weighted by molar-refractivity contribution is 5.85. The standard InChI is InChI=1S/C20H19N/c1-2-5-19-13-20(11-10-16(19)4-1)21-14-15-8-9-17-6-3-7-18(17)12-15/h1-2,4-5,8-13,21H,3,6-7,14H2. The summed E-state index contributed by atoms with van der Waals surface area (Å²) < 4.78 is 0. The third kappa shape index (κ3) is 2.52. The Hall–Kier alpha value is -2.28. The predicted octanol–water partition coefficient (Wildman–Crippen LogP) is 4.94. The Balaban J connectivity index is 1.52. The maximum absolute atomic E-state index is 3.54. The minimum atomic E-state index is 0.894. The lowest BCUT2D eigenvalue weighted by Gasteiger charge is -2.09. The van der Waals surface area contributed by atoms with Crippen LogP contribution in [0.3, 0.4) is 0 Å². The first kappa shape index (κ1) is 12.5. The summed E-state index contributed by atoms with van der Waals surface area (Å²) >= 11 is 0. The van der Waals surface area contributed by atoms with Crippen molar-refractivity contribution in [2.45, 2.75) is 25.8 Å². The minimum Gasteiger partial charge on any atom is -0.381 e. The van der Waals surface area contributed by atoms with E-state index in [1.54, 1.807) is 11.1 Å². The van der Waals surface area contributed by atoms with E-state index < -0.39 is 0 Å². The monoisotopic (exact) mass is 273 g/mol. The van der Waals surface area contributed by atoms with Crippen molar-refractivity contribution in [2.75, 3.05) is 5.32 Å². The van der Waals surface area contributed by atoms with E-state index in [1.165, 1.54) is 41.3 Å². The van der Waals surface area contributed by atoms with Crippen LogP contribution >= 0.6 is 0 Å². The van der Waals surface area contributed by atoms with Gasteiger partial charge in [0, 0.05) is 12.2 Å². The average Bonchev–Trinajstić information content (AvgIpc) is 3.00. The van der Waals surface area contributed by atoms with E-state index in [0.717, 1.165) is 6.54 Å². The number of hydrogen-bond acceptors (Lipinski definition) is 1. The molecule has 1 aliphatic carbocycles. The quantitative estimate of drug-likeness (QED) is 0.712. The van der Waals surface area contributed by atoms with Gasteiger partial charge in [-0.25, -0.2) is 0 Å². The van der Waals surface area contributed by atoms with Crippen molar-refractivity contribution in [1.82, 2.24) is 0 Å². The second-order valence-corrected chi connectivity index (χ2v) is 5.87. The molecule has 0 unspecified atom stereocenters. The summed E-state index contributed by atoms with van der Waals surface area (Å²) in [5.74, 6) is 0. The SMILES string of the molecule is c1ccc2cc(NCc3ccc4c(c3)CCC4)ccc2c1. The highest BCUT2D eigenvalue weighted by Gasteiger charge is 2.10. The number of rotatable bonds is 3. The Morgan fingerprint density at radius 1 is 0.762 bits per heavy atom. The van der Waals surface area contributed by atoms with Crippen LogP contribution in [0.15, 0.2) is 60.7 Å². The van der Waals surface area contributed by atoms with E-state index >= 15 is 0 Å². The maximum atomic E-state index is 3.54. The first-order chi connectivity index (χ1) is 10.4. The number of hydrogen-bond donors (Lipinski definition) is 1. The lowest BCUT2D eigenvalue weighted by molar-refractivity contribution is 0.911. The Labute approximate surface area is 125 Å². The molecule has 1 N–H and O–H groups in total. The van der Waals surface area contributed by atoms with E-state index in [1.807, 2.05) is 0 Å². The fourth-order valence-corrected chi connectivity index (χ4v) is 3.24. The molecule has 4 rings (SSSR count). The fraction of sp³-hybridized carbons (Fsp3) is 0.200. The van der Waals surface area contributed by atoms with E-state index in [-0.39, 0.29) is 0 Å². The van der Waals surface area contributed by atoms with Gasteiger partial charge in [-0.3, -0.25) is 0 Å². The molecule has 21 heavy (non-hydrogen) atoms. The molecule has 1 aliphatic rings. The van der Waals surface area contributed by atoms with Crippen LogP contribution in [0.5, 0.6) is 0 Å². The first-order valence-corrected chi connectivity index (χ1v) is 7.72. The molecule has 1 nitrogen and oxygen atoms in total. The van der Waals surface area contributed by atoms with Crippen LogP contribution in [0.4, 0.5) is 5.69 Å². The minimum absolute atomic E-state index is 0.894. The summed E-state index contributed by atoms with van der Waals surface area (Å²) in [6.07, 6.45) is 3.82. The zero-order valence-corrected chi connectivity index (χ0v) is 12.1. The third-order valence-corrected chi connectivity index (χ3v) is 4.41. The van der Waals surface area contributed by atoms with Crippen LogP contribution in [0.1, 0.15) is 23.1 Å². The summed E-state index contributed by atoms with van der Waals surface area (Å²) in [7, 11) is 0. The van der Waals surface area contributed by atoms with Gasteiger partial charge < -0.3 is 5.32 Å².